The first kappa shape index (κ1) is 16.1. The molecule has 1 aliphatic heterocycles. The molecule has 2 N–H and O–H groups in total. The summed E-state index contributed by atoms with van der Waals surface area (Å²) in [6.07, 6.45) is 2.89. The van der Waals surface area contributed by atoms with Crippen molar-refractivity contribution in [2.75, 3.05) is 13.1 Å². The number of amides is 1. The van der Waals surface area contributed by atoms with Gasteiger partial charge in [-0.3, -0.25) is 4.79 Å². The average Bonchev–Trinajstić information content (AvgIpc) is 3.17. The van der Waals surface area contributed by atoms with Crippen LogP contribution in [0, 0.1) is 12.7 Å². The summed E-state index contributed by atoms with van der Waals surface area (Å²) in [5.41, 5.74) is 1.74. The molecule has 1 fully saturated rings. The highest BCUT2D eigenvalue weighted by molar-refractivity contribution is 7.13. The molecule has 6 heteroatoms. The third-order valence-corrected chi connectivity index (χ3v) is 5.14. The molecule has 1 atom stereocenters. The van der Waals surface area contributed by atoms with E-state index in [1.807, 2.05) is 6.92 Å². The lowest BCUT2D eigenvalue weighted by molar-refractivity contribution is 0.0953. The van der Waals surface area contributed by atoms with E-state index in [2.05, 4.69) is 15.6 Å². The van der Waals surface area contributed by atoms with Crippen molar-refractivity contribution >= 4 is 17.2 Å². The summed E-state index contributed by atoms with van der Waals surface area (Å²) in [6.45, 7) is 3.54. The minimum absolute atomic E-state index is 0.0564. The number of aromatic nitrogens is 1. The highest BCUT2D eigenvalue weighted by atomic mass is 32.1. The fourth-order valence-corrected chi connectivity index (χ4v) is 3.76. The lowest BCUT2D eigenvalue weighted by Gasteiger charge is -2.10. The number of aryl methyl sites for hydroxylation is 1. The summed E-state index contributed by atoms with van der Waals surface area (Å²) in [7, 11) is 0. The van der Waals surface area contributed by atoms with Crippen molar-refractivity contribution in [1.82, 2.24) is 15.6 Å². The van der Waals surface area contributed by atoms with Crippen molar-refractivity contribution in [1.29, 1.82) is 0 Å². The zero-order valence-electron chi connectivity index (χ0n) is 13.1. The second kappa shape index (κ2) is 7.19. The first-order valence-corrected chi connectivity index (χ1v) is 8.66. The Hall–Kier alpha value is -1.79. The van der Waals surface area contributed by atoms with Gasteiger partial charge in [0.2, 0.25) is 0 Å². The number of hydrogen-bond acceptors (Lipinski definition) is 4. The van der Waals surface area contributed by atoms with Crippen LogP contribution in [0.15, 0.2) is 24.3 Å². The molecule has 23 heavy (non-hydrogen) atoms. The molecule has 4 nitrogen and oxygen atoms in total. The lowest BCUT2D eigenvalue weighted by Crippen LogP contribution is -2.37. The molecule has 2 heterocycles. The summed E-state index contributed by atoms with van der Waals surface area (Å²) in [6, 6.07) is 6.76. The maximum atomic E-state index is 12.9. The van der Waals surface area contributed by atoms with Crippen LogP contribution in [0.3, 0.4) is 0 Å². The van der Waals surface area contributed by atoms with Crippen molar-refractivity contribution < 1.29 is 9.18 Å². The van der Waals surface area contributed by atoms with Gasteiger partial charge in [0.25, 0.3) is 5.91 Å². The molecule has 1 aliphatic rings. The third-order valence-electron chi connectivity index (χ3n) is 3.99. The standard InChI is InChI=1S/C17H20FN3OS/c1-11-16(17(22)20-10-14-3-2-8-19-14)23-15(21-11)9-12-4-6-13(18)7-5-12/h4-7,14,19H,2-3,8-10H2,1H3,(H,20,22). The third kappa shape index (κ3) is 4.14. The van der Waals surface area contributed by atoms with Gasteiger partial charge in [0.05, 0.1) is 10.7 Å². The molecular weight excluding hydrogens is 313 g/mol. The largest absolute Gasteiger partial charge is 0.350 e. The highest BCUT2D eigenvalue weighted by Crippen LogP contribution is 2.21. The minimum atomic E-state index is -0.246. The zero-order chi connectivity index (χ0) is 16.2. The Bertz CT molecular complexity index is 678. The van der Waals surface area contributed by atoms with Gasteiger partial charge in [-0.25, -0.2) is 9.37 Å². The number of thiazole rings is 1. The minimum Gasteiger partial charge on any atom is -0.350 e. The van der Waals surface area contributed by atoms with E-state index in [4.69, 9.17) is 0 Å². The molecule has 1 unspecified atom stereocenters. The summed E-state index contributed by atoms with van der Waals surface area (Å²) in [5.74, 6) is -0.302. The molecule has 1 aromatic heterocycles. The molecule has 122 valence electrons. The zero-order valence-corrected chi connectivity index (χ0v) is 13.9. The number of nitrogens with zero attached hydrogens (tertiary/aromatic N) is 1. The second-order valence-corrected chi connectivity index (χ2v) is 6.91. The number of hydrogen-bond donors (Lipinski definition) is 2. The van der Waals surface area contributed by atoms with Gasteiger partial charge < -0.3 is 10.6 Å². The van der Waals surface area contributed by atoms with Crippen LogP contribution in [0.5, 0.6) is 0 Å². The molecule has 2 aromatic rings. The van der Waals surface area contributed by atoms with E-state index < -0.39 is 0 Å². The fraction of sp³-hybridized carbons (Fsp3) is 0.412. The second-order valence-electron chi connectivity index (χ2n) is 5.83. The Morgan fingerprint density at radius 1 is 1.43 bits per heavy atom. The molecule has 0 bridgehead atoms. The van der Waals surface area contributed by atoms with E-state index in [9.17, 15) is 9.18 Å². The van der Waals surface area contributed by atoms with Crippen LogP contribution in [-0.2, 0) is 6.42 Å². The van der Waals surface area contributed by atoms with Crippen LogP contribution < -0.4 is 10.6 Å². The monoisotopic (exact) mass is 333 g/mol. The Morgan fingerprint density at radius 3 is 2.91 bits per heavy atom. The number of benzene rings is 1. The smallest absolute Gasteiger partial charge is 0.263 e. The number of nitrogens with one attached hydrogen (secondary N) is 2. The molecule has 1 aromatic carbocycles. The number of carbonyl (C=O) groups excluding carboxylic acids is 1. The molecule has 0 radical (unpaired) electrons. The lowest BCUT2D eigenvalue weighted by atomic mass is 10.1. The summed E-state index contributed by atoms with van der Waals surface area (Å²) in [5, 5.41) is 7.22. The van der Waals surface area contributed by atoms with Crippen molar-refractivity contribution in [3.05, 3.63) is 51.2 Å². The first-order valence-electron chi connectivity index (χ1n) is 7.84. The predicted molar refractivity (Wildman–Crippen MR) is 89.4 cm³/mol. The molecule has 3 rings (SSSR count). The van der Waals surface area contributed by atoms with Gasteiger partial charge in [-0.05, 0) is 44.0 Å². The van der Waals surface area contributed by atoms with Crippen molar-refractivity contribution in [3.8, 4) is 0 Å². The normalized spacial score (nSPS) is 17.4. The van der Waals surface area contributed by atoms with E-state index in [1.165, 1.54) is 29.9 Å². The van der Waals surface area contributed by atoms with E-state index in [1.54, 1.807) is 12.1 Å². The van der Waals surface area contributed by atoms with Gasteiger partial charge in [-0.1, -0.05) is 12.1 Å². The van der Waals surface area contributed by atoms with Crippen molar-refractivity contribution in [3.63, 3.8) is 0 Å². The van der Waals surface area contributed by atoms with E-state index in [-0.39, 0.29) is 11.7 Å². The Kier molecular flexibility index (Phi) is 5.03. The maximum absolute atomic E-state index is 12.9. The molecule has 1 saturated heterocycles. The van der Waals surface area contributed by atoms with Crippen LogP contribution in [0.4, 0.5) is 4.39 Å². The molecule has 0 aliphatic carbocycles. The highest BCUT2D eigenvalue weighted by Gasteiger charge is 2.18. The van der Waals surface area contributed by atoms with Crippen LogP contribution in [-0.4, -0.2) is 30.0 Å². The van der Waals surface area contributed by atoms with Crippen molar-refractivity contribution in [2.24, 2.45) is 0 Å². The van der Waals surface area contributed by atoms with Crippen LogP contribution in [0.1, 0.15) is 38.8 Å². The number of halogens is 1. The van der Waals surface area contributed by atoms with Crippen LogP contribution >= 0.6 is 11.3 Å². The van der Waals surface area contributed by atoms with Gasteiger partial charge in [0.1, 0.15) is 10.7 Å². The molecule has 1 amide bonds. The van der Waals surface area contributed by atoms with Crippen molar-refractivity contribution in [2.45, 2.75) is 32.2 Å². The summed E-state index contributed by atoms with van der Waals surface area (Å²) in [4.78, 5) is 17.5. The SMILES string of the molecule is Cc1nc(Cc2ccc(F)cc2)sc1C(=O)NCC1CCCN1. The van der Waals surface area contributed by atoms with Gasteiger partial charge in [-0.15, -0.1) is 11.3 Å². The quantitative estimate of drug-likeness (QED) is 0.884. The van der Waals surface area contributed by atoms with Gasteiger partial charge in [0, 0.05) is 19.0 Å². The topological polar surface area (TPSA) is 54.0 Å². The van der Waals surface area contributed by atoms with E-state index in [0.29, 0.717) is 23.9 Å². The van der Waals surface area contributed by atoms with Gasteiger partial charge in [-0.2, -0.15) is 0 Å². The molecular formula is C17H20FN3OS. The Balaban J connectivity index is 1.62. The van der Waals surface area contributed by atoms with Crippen LogP contribution in [0.2, 0.25) is 0 Å². The van der Waals surface area contributed by atoms with Gasteiger partial charge >= 0.3 is 0 Å². The maximum Gasteiger partial charge on any atom is 0.263 e. The Labute approximate surface area is 139 Å². The number of carbonyl (C=O) groups is 1. The number of rotatable bonds is 5. The summed E-state index contributed by atoms with van der Waals surface area (Å²) < 4.78 is 12.9. The van der Waals surface area contributed by atoms with E-state index >= 15 is 0 Å². The summed E-state index contributed by atoms with van der Waals surface area (Å²) >= 11 is 1.41. The van der Waals surface area contributed by atoms with Crippen LogP contribution in [0.25, 0.3) is 0 Å². The van der Waals surface area contributed by atoms with Gasteiger partial charge in [0.15, 0.2) is 0 Å². The van der Waals surface area contributed by atoms with E-state index in [0.717, 1.165) is 29.2 Å². The fourth-order valence-electron chi connectivity index (χ4n) is 2.74. The molecule has 0 spiro atoms. The average molecular weight is 333 g/mol. The first-order chi connectivity index (χ1) is 11.1. The molecule has 0 saturated carbocycles. The predicted octanol–water partition coefficient (Wildman–Crippen LogP) is 2.66. The Morgan fingerprint density at radius 2 is 2.22 bits per heavy atom.